The van der Waals surface area contributed by atoms with E-state index in [4.69, 9.17) is 18.9 Å². The molecule has 0 aromatic rings. The summed E-state index contributed by atoms with van der Waals surface area (Å²) in [6.45, 7) is 3.59. The predicted octanol–water partition coefficient (Wildman–Crippen LogP) is 0.271. The Morgan fingerprint density at radius 1 is 1.03 bits per heavy atom. The Bertz CT molecular complexity index is 814. The van der Waals surface area contributed by atoms with Crippen LogP contribution in [-0.2, 0) is 18.9 Å². The van der Waals surface area contributed by atoms with E-state index in [9.17, 15) is 15.3 Å². The third kappa shape index (κ3) is 2.16. The van der Waals surface area contributed by atoms with Crippen molar-refractivity contribution in [2.24, 2.45) is 34.5 Å². The Morgan fingerprint density at radius 2 is 1.79 bits per heavy atom. The quantitative estimate of drug-likeness (QED) is 0.512. The molecule has 0 radical (unpaired) electrons. The number of hydrogen-bond acceptors (Lipinski definition) is 8. The van der Waals surface area contributed by atoms with Gasteiger partial charge < -0.3 is 34.3 Å². The molecule has 1 aliphatic heterocycles. The van der Waals surface area contributed by atoms with Gasteiger partial charge in [-0.3, -0.25) is 4.90 Å². The van der Waals surface area contributed by atoms with Crippen molar-refractivity contribution in [2.75, 3.05) is 48.1 Å². The smallest absolute Gasteiger partial charge is 0.136 e. The van der Waals surface area contributed by atoms with E-state index < -0.39 is 28.1 Å². The highest BCUT2D eigenvalue weighted by atomic mass is 16.5. The third-order valence-electron chi connectivity index (χ3n) is 11.6. The minimum atomic E-state index is -1.52. The summed E-state index contributed by atoms with van der Waals surface area (Å²) in [6.07, 6.45) is 1.81. The van der Waals surface area contributed by atoms with Gasteiger partial charge in [-0.05, 0) is 31.7 Å². The van der Waals surface area contributed by atoms with E-state index >= 15 is 0 Å². The van der Waals surface area contributed by atoms with Gasteiger partial charge in [0.15, 0.2) is 0 Å². The first-order valence-corrected chi connectivity index (χ1v) is 12.7. The lowest BCUT2D eigenvalue weighted by Gasteiger charge is -2.70. The van der Waals surface area contributed by atoms with E-state index in [0.717, 1.165) is 25.8 Å². The summed E-state index contributed by atoms with van der Waals surface area (Å²) in [6, 6.07) is -0.312. The molecular formula is C25H41NO7. The van der Waals surface area contributed by atoms with Crippen LogP contribution in [0.4, 0.5) is 0 Å². The van der Waals surface area contributed by atoms with Crippen LogP contribution >= 0.6 is 0 Å². The van der Waals surface area contributed by atoms with Crippen LogP contribution in [0.5, 0.6) is 0 Å². The molecule has 0 amide bonds. The third-order valence-corrected chi connectivity index (χ3v) is 11.6. The lowest BCUT2D eigenvalue weighted by atomic mass is 9.42. The second-order valence-corrected chi connectivity index (χ2v) is 11.8. The van der Waals surface area contributed by atoms with Crippen LogP contribution in [0.15, 0.2) is 0 Å². The maximum atomic E-state index is 13.0. The lowest BCUT2D eigenvalue weighted by Crippen LogP contribution is -2.82. The Balaban J connectivity index is 1.68. The summed E-state index contributed by atoms with van der Waals surface area (Å²) in [5.41, 5.74) is -3.78. The molecule has 0 unspecified atom stereocenters. The highest BCUT2D eigenvalue weighted by Crippen LogP contribution is 2.80. The number of likely N-dealkylation sites (tertiary alicyclic amines) is 1. The monoisotopic (exact) mass is 467 g/mol. The van der Waals surface area contributed by atoms with Crippen LogP contribution in [0.2, 0.25) is 0 Å². The fraction of sp³-hybridized carbons (Fsp3) is 1.00. The van der Waals surface area contributed by atoms with Crippen LogP contribution in [0, 0.1) is 34.5 Å². The highest BCUT2D eigenvalue weighted by Gasteiger charge is 2.91. The normalized spacial score (nSPS) is 60.9. The van der Waals surface area contributed by atoms with Gasteiger partial charge in [-0.1, -0.05) is 6.92 Å². The zero-order valence-electron chi connectivity index (χ0n) is 20.6. The summed E-state index contributed by atoms with van der Waals surface area (Å²) >= 11 is 0. The molecular weight excluding hydrogens is 426 g/mol. The summed E-state index contributed by atoms with van der Waals surface area (Å²) in [5.74, 6) is -0.0916. The Labute approximate surface area is 196 Å². The minimum absolute atomic E-state index is 0.0443. The number of aliphatic hydroxyl groups is 3. The molecule has 5 aliphatic carbocycles. The number of aliphatic hydroxyl groups excluding tert-OH is 1. The van der Waals surface area contributed by atoms with Crippen LogP contribution in [-0.4, -0.2) is 110 Å². The maximum Gasteiger partial charge on any atom is 0.136 e. The van der Waals surface area contributed by atoms with Crippen molar-refractivity contribution in [1.29, 1.82) is 0 Å². The van der Waals surface area contributed by atoms with Crippen LogP contribution in [0.3, 0.4) is 0 Å². The van der Waals surface area contributed by atoms with E-state index in [1.165, 1.54) is 0 Å². The van der Waals surface area contributed by atoms with Gasteiger partial charge in [-0.2, -0.15) is 0 Å². The number of ether oxygens (including phenoxy) is 4. The van der Waals surface area contributed by atoms with Crippen molar-refractivity contribution in [3.05, 3.63) is 0 Å². The number of hydrogen-bond donors (Lipinski definition) is 3. The molecule has 1 heterocycles. The lowest BCUT2D eigenvalue weighted by molar-refractivity contribution is -0.320. The standard InChI is InChI=1S/C25H41NO7/c1-6-26-11-22(12-27)8-7-16(31-3)24-14-9-13-15(30-2)10-23(28,17(14)18(13)32-4)25(29,21(24)26)20(33-5)19(22)24/h13-21,27-29H,6-12H2,1-5H3/t13-,14+,15-,16-,17+,18+,19+,20-,21+,22+,23-,24-,25+/m0/s1. The fourth-order valence-electron chi connectivity index (χ4n) is 11.0. The fourth-order valence-corrected chi connectivity index (χ4v) is 11.0. The van der Waals surface area contributed by atoms with Crippen molar-refractivity contribution in [3.8, 4) is 0 Å². The highest BCUT2D eigenvalue weighted by molar-refractivity contribution is 5.41. The molecule has 3 N–H and O–H groups in total. The summed E-state index contributed by atoms with van der Waals surface area (Å²) in [7, 11) is 6.85. The summed E-state index contributed by atoms with van der Waals surface area (Å²) in [4.78, 5) is 2.33. The van der Waals surface area contributed by atoms with Gasteiger partial charge in [0.1, 0.15) is 11.2 Å². The van der Waals surface area contributed by atoms with Gasteiger partial charge in [0.25, 0.3) is 0 Å². The number of fused-ring (bicyclic) bond motifs is 2. The van der Waals surface area contributed by atoms with Gasteiger partial charge in [0.05, 0.1) is 37.1 Å². The molecule has 6 aliphatic rings. The first-order valence-electron chi connectivity index (χ1n) is 12.7. The van der Waals surface area contributed by atoms with Crippen molar-refractivity contribution in [2.45, 2.75) is 74.3 Å². The van der Waals surface area contributed by atoms with E-state index in [0.29, 0.717) is 13.0 Å². The number of likely N-dealkylation sites (N-methyl/N-ethyl adjacent to an activating group) is 1. The number of piperidine rings is 1. The average Bonchev–Trinajstić information content (AvgIpc) is 3.24. The van der Waals surface area contributed by atoms with E-state index in [1.54, 1.807) is 28.4 Å². The average molecular weight is 468 g/mol. The van der Waals surface area contributed by atoms with E-state index in [2.05, 4.69) is 11.8 Å². The molecule has 5 saturated carbocycles. The number of nitrogens with zero attached hydrogens (tertiary/aromatic N) is 1. The van der Waals surface area contributed by atoms with E-state index in [1.807, 2.05) is 0 Å². The minimum Gasteiger partial charge on any atom is -0.396 e. The molecule has 13 atom stereocenters. The molecule has 0 aromatic carbocycles. The number of methoxy groups -OCH3 is 4. The molecule has 8 heteroatoms. The molecule has 33 heavy (non-hydrogen) atoms. The molecule has 1 spiro atoms. The van der Waals surface area contributed by atoms with Crippen LogP contribution in [0.25, 0.3) is 0 Å². The summed E-state index contributed by atoms with van der Waals surface area (Å²) < 4.78 is 24.5. The maximum absolute atomic E-state index is 13.0. The molecule has 7 bridgehead atoms. The predicted molar refractivity (Wildman–Crippen MR) is 119 cm³/mol. The van der Waals surface area contributed by atoms with Crippen LogP contribution < -0.4 is 0 Å². The van der Waals surface area contributed by atoms with Crippen molar-refractivity contribution in [1.82, 2.24) is 4.90 Å². The van der Waals surface area contributed by atoms with Crippen molar-refractivity contribution < 1.29 is 34.3 Å². The van der Waals surface area contributed by atoms with Gasteiger partial charge in [0, 0.05) is 70.0 Å². The van der Waals surface area contributed by atoms with Crippen molar-refractivity contribution in [3.63, 3.8) is 0 Å². The molecule has 6 rings (SSSR count). The first-order chi connectivity index (χ1) is 15.8. The molecule has 0 aromatic heterocycles. The largest absolute Gasteiger partial charge is 0.396 e. The second kappa shape index (κ2) is 7.13. The van der Waals surface area contributed by atoms with Gasteiger partial charge in [0.2, 0.25) is 0 Å². The Morgan fingerprint density at radius 3 is 2.36 bits per heavy atom. The second-order valence-electron chi connectivity index (χ2n) is 11.8. The zero-order valence-corrected chi connectivity index (χ0v) is 20.6. The molecule has 8 nitrogen and oxygen atoms in total. The topological polar surface area (TPSA) is 101 Å². The van der Waals surface area contributed by atoms with Gasteiger partial charge >= 0.3 is 0 Å². The summed E-state index contributed by atoms with van der Waals surface area (Å²) in [5, 5.41) is 36.6. The molecule has 6 fully saturated rings. The van der Waals surface area contributed by atoms with Crippen molar-refractivity contribution >= 4 is 0 Å². The van der Waals surface area contributed by atoms with Gasteiger partial charge in [-0.15, -0.1) is 0 Å². The first kappa shape index (κ1) is 23.1. The number of rotatable bonds is 6. The Kier molecular flexibility index (Phi) is 4.99. The molecule has 188 valence electrons. The van der Waals surface area contributed by atoms with Gasteiger partial charge in [-0.25, -0.2) is 0 Å². The zero-order chi connectivity index (χ0) is 23.6. The Hall–Kier alpha value is -0.320. The SMILES string of the molecule is CCN1C[C@@]2(CO)CC[C@H](OC)[C@]34[C@@H]5C[C@@H]6[C@@H](OC)[C@@H]5[C@@](O)(C[C@@H]6OC)[C@](O)([C@H]13)[C@@H](OC)[C@H]24. The van der Waals surface area contributed by atoms with E-state index in [-0.39, 0.29) is 54.6 Å². The molecule has 1 saturated heterocycles. The van der Waals surface area contributed by atoms with Crippen LogP contribution in [0.1, 0.15) is 32.6 Å².